The first-order valence-corrected chi connectivity index (χ1v) is 7.86. The van der Waals surface area contributed by atoms with Crippen LogP contribution in [0.15, 0.2) is 41.6 Å². The van der Waals surface area contributed by atoms with Gasteiger partial charge in [0.1, 0.15) is 5.82 Å². The fraction of sp³-hybridized carbons (Fsp3) is 0.278. The first-order chi connectivity index (χ1) is 12.6. The number of rotatable bonds is 4. The molecule has 0 aliphatic rings. The number of amides is 1. The van der Waals surface area contributed by atoms with Crippen LogP contribution in [0.25, 0.3) is 11.3 Å². The number of halogens is 3. The third-order valence-electron chi connectivity index (χ3n) is 3.50. The van der Waals surface area contributed by atoms with Crippen molar-refractivity contribution >= 4 is 18.1 Å². The molecule has 0 aliphatic carbocycles. The Kier molecular flexibility index (Phi) is 6.04. The summed E-state index contributed by atoms with van der Waals surface area (Å²) in [6.07, 6.45) is -3.76. The normalized spacial score (nSPS) is 11.5. The van der Waals surface area contributed by atoms with Gasteiger partial charge in [0.2, 0.25) is 0 Å². The van der Waals surface area contributed by atoms with E-state index in [-0.39, 0.29) is 11.5 Å². The summed E-state index contributed by atoms with van der Waals surface area (Å²) in [6, 6.07) is 8.53. The average Bonchev–Trinajstić information content (AvgIpc) is 2.61. The number of carbonyl (C=O) groups excluding carboxylic acids is 1. The maximum absolute atomic E-state index is 13.1. The van der Waals surface area contributed by atoms with Crippen LogP contribution in [0.5, 0.6) is 0 Å². The third kappa shape index (κ3) is 5.44. The molecule has 2 rings (SSSR count). The van der Waals surface area contributed by atoms with E-state index in [2.05, 4.69) is 15.0 Å². The van der Waals surface area contributed by atoms with E-state index in [1.807, 2.05) is 0 Å². The van der Waals surface area contributed by atoms with Gasteiger partial charge in [-0.1, -0.05) is 29.4 Å². The quantitative estimate of drug-likeness (QED) is 0.459. The van der Waals surface area contributed by atoms with Gasteiger partial charge in [0.25, 0.3) is 0 Å². The van der Waals surface area contributed by atoms with Crippen LogP contribution in [0.3, 0.4) is 0 Å². The number of aromatic nitrogens is 1. The molecule has 0 N–H and O–H groups in total. The van der Waals surface area contributed by atoms with Crippen LogP contribution in [0, 0.1) is 0 Å². The van der Waals surface area contributed by atoms with Crippen LogP contribution >= 0.6 is 0 Å². The van der Waals surface area contributed by atoms with Gasteiger partial charge in [-0.3, -0.25) is 4.84 Å². The number of carbonyl (C=O) groups is 1. The molecule has 144 valence electrons. The van der Waals surface area contributed by atoms with Gasteiger partial charge in [0, 0.05) is 33.8 Å². The highest BCUT2D eigenvalue weighted by molar-refractivity contribution is 5.81. The summed E-state index contributed by atoms with van der Waals surface area (Å²) in [5.74, 6) is 0.209. The Balaban J connectivity index is 2.27. The standard InChI is InChI=1S/C18H19F3N4O2/c1-24(2)16-10-14(18(19,20)21)9-15(23-16)13-7-5-12(6-8-13)11-22-27-17(26)25(3)4/h5-11H,1-4H3/b22-11-. The number of nitrogens with zero attached hydrogens (tertiary/aromatic N) is 4. The SMILES string of the molecule is CN(C)C(=O)O/N=C\c1ccc(-c2cc(C(F)(F)F)cc(N(C)C)n2)cc1. The minimum atomic E-state index is -4.47. The summed E-state index contributed by atoms with van der Waals surface area (Å²) < 4.78 is 39.4. The molecule has 27 heavy (non-hydrogen) atoms. The summed E-state index contributed by atoms with van der Waals surface area (Å²) in [5, 5.41) is 3.56. The van der Waals surface area contributed by atoms with Gasteiger partial charge in [0.05, 0.1) is 17.5 Å². The number of hydrogen-bond acceptors (Lipinski definition) is 5. The van der Waals surface area contributed by atoms with Crippen LogP contribution in [0.4, 0.5) is 23.8 Å². The summed E-state index contributed by atoms with van der Waals surface area (Å²) in [7, 11) is 6.30. The Morgan fingerprint density at radius 3 is 2.26 bits per heavy atom. The van der Waals surface area contributed by atoms with Crippen molar-refractivity contribution in [1.82, 2.24) is 9.88 Å². The van der Waals surface area contributed by atoms with E-state index in [0.29, 0.717) is 11.1 Å². The molecule has 2 aromatic rings. The average molecular weight is 380 g/mol. The maximum atomic E-state index is 13.1. The molecule has 0 bridgehead atoms. The molecule has 1 aromatic carbocycles. The molecule has 1 amide bonds. The molecule has 0 unspecified atom stereocenters. The monoisotopic (exact) mass is 380 g/mol. The fourth-order valence-corrected chi connectivity index (χ4v) is 2.01. The van der Waals surface area contributed by atoms with Gasteiger partial charge >= 0.3 is 12.3 Å². The molecule has 0 radical (unpaired) electrons. The lowest BCUT2D eigenvalue weighted by Gasteiger charge is -2.16. The van der Waals surface area contributed by atoms with Gasteiger partial charge in [0.15, 0.2) is 0 Å². The summed E-state index contributed by atoms with van der Waals surface area (Å²) in [5.41, 5.74) is 0.574. The second kappa shape index (κ2) is 8.07. The molecular formula is C18H19F3N4O2. The first kappa shape index (κ1) is 20.2. The summed E-state index contributed by atoms with van der Waals surface area (Å²) in [4.78, 5) is 22.9. The number of oxime groups is 1. The zero-order valence-electron chi connectivity index (χ0n) is 15.3. The number of benzene rings is 1. The summed E-state index contributed by atoms with van der Waals surface area (Å²) >= 11 is 0. The molecule has 0 spiro atoms. The molecule has 0 atom stereocenters. The van der Waals surface area contributed by atoms with Crippen molar-refractivity contribution in [2.45, 2.75) is 6.18 Å². The van der Waals surface area contributed by atoms with E-state index in [9.17, 15) is 18.0 Å². The van der Waals surface area contributed by atoms with Crippen molar-refractivity contribution in [1.29, 1.82) is 0 Å². The zero-order valence-corrected chi connectivity index (χ0v) is 15.3. The Hall–Kier alpha value is -3.10. The van der Waals surface area contributed by atoms with Crippen LogP contribution in [0.1, 0.15) is 11.1 Å². The van der Waals surface area contributed by atoms with Gasteiger partial charge in [-0.2, -0.15) is 13.2 Å². The Labute approximate surface area is 154 Å². The van der Waals surface area contributed by atoms with Gasteiger partial charge < -0.3 is 9.80 Å². The van der Waals surface area contributed by atoms with Gasteiger partial charge in [-0.05, 0) is 17.7 Å². The molecule has 0 saturated heterocycles. The molecule has 0 fully saturated rings. The van der Waals surface area contributed by atoms with Crippen LogP contribution in [-0.2, 0) is 11.0 Å². The highest BCUT2D eigenvalue weighted by atomic mass is 19.4. The van der Waals surface area contributed by atoms with Crippen LogP contribution < -0.4 is 4.90 Å². The molecule has 0 saturated carbocycles. The minimum Gasteiger partial charge on any atom is -0.363 e. The molecule has 1 aromatic heterocycles. The maximum Gasteiger partial charge on any atom is 0.435 e. The second-order valence-electron chi connectivity index (χ2n) is 6.10. The molecule has 9 heteroatoms. The number of hydrogen-bond donors (Lipinski definition) is 0. The van der Waals surface area contributed by atoms with E-state index >= 15 is 0 Å². The van der Waals surface area contributed by atoms with Crippen molar-refractivity contribution in [2.24, 2.45) is 5.16 Å². The Bertz CT molecular complexity index is 831. The van der Waals surface area contributed by atoms with E-state index < -0.39 is 17.8 Å². The molecule has 0 aliphatic heterocycles. The van der Waals surface area contributed by atoms with E-state index in [4.69, 9.17) is 0 Å². The lowest BCUT2D eigenvalue weighted by molar-refractivity contribution is -0.137. The zero-order chi connectivity index (χ0) is 20.2. The predicted octanol–water partition coefficient (Wildman–Crippen LogP) is 3.87. The third-order valence-corrected chi connectivity index (χ3v) is 3.50. The molecular weight excluding hydrogens is 361 g/mol. The smallest absolute Gasteiger partial charge is 0.363 e. The number of anilines is 1. The second-order valence-corrected chi connectivity index (χ2v) is 6.10. The largest absolute Gasteiger partial charge is 0.435 e. The Morgan fingerprint density at radius 2 is 1.74 bits per heavy atom. The van der Waals surface area contributed by atoms with Gasteiger partial charge in [-0.15, -0.1) is 0 Å². The van der Waals surface area contributed by atoms with Crippen LogP contribution in [-0.4, -0.2) is 50.4 Å². The molecule has 1 heterocycles. The highest BCUT2D eigenvalue weighted by Gasteiger charge is 2.32. The Morgan fingerprint density at radius 1 is 1.11 bits per heavy atom. The lowest BCUT2D eigenvalue weighted by atomic mass is 10.1. The number of pyridine rings is 1. The van der Waals surface area contributed by atoms with Gasteiger partial charge in [-0.25, -0.2) is 9.78 Å². The van der Waals surface area contributed by atoms with E-state index in [1.165, 1.54) is 30.1 Å². The van der Waals surface area contributed by atoms with E-state index in [1.54, 1.807) is 38.4 Å². The lowest BCUT2D eigenvalue weighted by Crippen LogP contribution is -2.20. The highest BCUT2D eigenvalue weighted by Crippen LogP contribution is 2.33. The predicted molar refractivity (Wildman–Crippen MR) is 96.8 cm³/mol. The molecule has 6 nitrogen and oxygen atoms in total. The topological polar surface area (TPSA) is 58.0 Å². The van der Waals surface area contributed by atoms with E-state index in [0.717, 1.165) is 12.1 Å². The minimum absolute atomic E-state index is 0.205. The summed E-state index contributed by atoms with van der Waals surface area (Å²) in [6.45, 7) is 0. The number of alkyl halides is 3. The van der Waals surface area contributed by atoms with Crippen molar-refractivity contribution in [3.05, 3.63) is 47.5 Å². The van der Waals surface area contributed by atoms with Crippen molar-refractivity contribution in [3.8, 4) is 11.3 Å². The van der Waals surface area contributed by atoms with Crippen molar-refractivity contribution < 1.29 is 22.8 Å². The van der Waals surface area contributed by atoms with Crippen molar-refractivity contribution in [3.63, 3.8) is 0 Å². The fourth-order valence-electron chi connectivity index (χ4n) is 2.01. The first-order valence-electron chi connectivity index (χ1n) is 7.86. The van der Waals surface area contributed by atoms with Crippen LogP contribution in [0.2, 0.25) is 0 Å². The van der Waals surface area contributed by atoms with Crippen molar-refractivity contribution in [2.75, 3.05) is 33.1 Å².